The smallest absolute Gasteiger partial charge is 0.160 e. The van der Waals surface area contributed by atoms with Crippen LogP contribution in [0.1, 0.15) is 63.9 Å². The average Bonchev–Trinajstić information content (AvgIpc) is 2.64. The first-order chi connectivity index (χ1) is 12.7. The molecule has 2 heteroatoms. The van der Waals surface area contributed by atoms with Gasteiger partial charge in [0.25, 0.3) is 0 Å². The lowest BCUT2D eigenvalue weighted by Gasteiger charge is -2.01. The molecule has 0 amide bonds. The lowest BCUT2D eigenvalue weighted by atomic mass is 10.1. The Morgan fingerprint density at radius 2 is 1.58 bits per heavy atom. The summed E-state index contributed by atoms with van der Waals surface area (Å²) in [5.74, 6) is -0.128. The Morgan fingerprint density at radius 1 is 0.885 bits per heavy atom. The third-order valence-corrected chi connectivity index (χ3v) is 3.93. The highest BCUT2D eigenvalue weighted by molar-refractivity contribution is 5.44. The second kappa shape index (κ2) is 17.6. The molecule has 144 valence electrons. The van der Waals surface area contributed by atoms with Crippen molar-refractivity contribution in [1.29, 1.82) is 0 Å². The van der Waals surface area contributed by atoms with Crippen LogP contribution < -0.4 is 0 Å². The van der Waals surface area contributed by atoms with Crippen LogP contribution in [0.3, 0.4) is 0 Å². The zero-order chi connectivity index (χ0) is 19.5. The Kier molecular flexibility index (Phi) is 16.1. The molecule has 0 aromatic heterocycles. The SMILES string of the molecule is C=CC=CC=CCCCCCCCCC.C=CCc1cccc(O)c1O. The summed E-state index contributed by atoms with van der Waals surface area (Å²) in [6.45, 7) is 9.42. The minimum absolute atomic E-state index is 0.0487. The molecule has 0 radical (unpaired) electrons. The molecule has 0 spiro atoms. The predicted molar refractivity (Wildman–Crippen MR) is 115 cm³/mol. The minimum Gasteiger partial charge on any atom is -0.504 e. The number of para-hydroxylation sites is 1. The van der Waals surface area contributed by atoms with Crippen LogP contribution in [0.2, 0.25) is 0 Å². The van der Waals surface area contributed by atoms with Gasteiger partial charge in [-0.2, -0.15) is 0 Å². The van der Waals surface area contributed by atoms with E-state index >= 15 is 0 Å². The normalized spacial score (nSPS) is 10.7. The van der Waals surface area contributed by atoms with Crippen molar-refractivity contribution in [2.45, 2.75) is 64.7 Å². The van der Waals surface area contributed by atoms with Crippen molar-refractivity contribution in [3.05, 3.63) is 73.4 Å². The fraction of sp³-hybridized carbons (Fsp3) is 0.417. The molecule has 0 bridgehead atoms. The van der Waals surface area contributed by atoms with Crippen LogP contribution in [0.15, 0.2) is 67.8 Å². The zero-order valence-corrected chi connectivity index (χ0v) is 16.4. The zero-order valence-electron chi connectivity index (χ0n) is 16.4. The maximum Gasteiger partial charge on any atom is 0.160 e. The number of phenols is 2. The molecule has 0 heterocycles. The van der Waals surface area contributed by atoms with Crippen molar-refractivity contribution in [3.8, 4) is 11.5 Å². The first-order valence-electron chi connectivity index (χ1n) is 9.72. The average molecular weight is 357 g/mol. The maximum atomic E-state index is 9.23. The second-order valence-corrected chi connectivity index (χ2v) is 6.24. The molecule has 1 rings (SSSR count). The number of allylic oxidation sites excluding steroid dienone is 6. The van der Waals surface area contributed by atoms with Crippen LogP contribution in [0.4, 0.5) is 0 Å². The second-order valence-electron chi connectivity index (χ2n) is 6.24. The van der Waals surface area contributed by atoms with Crippen molar-refractivity contribution in [1.82, 2.24) is 0 Å². The Balaban J connectivity index is 0.000000502. The summed E-state index contributed by atoms with van der Waals surface area (Å²) in [5.41, 5.74) is 0.694. The molecule has 0 unspecified atom stereocenters. The molecule has 0 aliphatic carbocycles. The number of unbranched alkanes of at least 4 members (excludes halogenated alkanes) is 7. The van der Waals surface area contributed by atoms with Gasteiger partial charge in [-0.3, -0.25) is 0 Å². The maximum absolute atomic E-state index is 9.23. The van der Waals surface area contributed by atoms with Crippen molar-refractivity contribution >= 4 is 0 Å². The van der Waals surface area contributed by atoms with E-state index in [4.69, 9.17) is 5.11 Å². The van der Waals surface area contributed by atoms with E-state index in [-0.39, 0.29) is 11.5 Å². The molecule has 0 saturated heterocycles. The number of aromatic hydroxyl groups is 2. The summed E-state index contributed by atoms with van der Waals surface area (Å²) < 4.78 is 0. The van der Waals surface area contributed by atoms with Crippen LogP contribution in [-0.2, 0) is 6.42 Å². The van der Waals surface area contributed by atoms with Gasteiger partial charge in [-0.15, -0.1) is 6.58 Å². The largest absolute Gasteiger partial charge is 0.504 e. The molecular weight excluding hydrogens is 320 g/mol. The molecule has 1 aromatic rings. The van der Waals surface area contributed by atoms with Gasteiger partial charge in [-0.1, -0.05) is 101 Å². The monoisotopic (exact) mass is 356 g/mol. The number of rotatable bonds is 12. The number of hydrogen-bond donors (Lipinski definition) is 2. The summed E-state index contributed by atoms with van der Waals surface area (Å²) in [6.07, 6.45) is 23.4. The first-order valence-corrected chi connectivity index (χ1v) is 9.72. The molecule has 1 aromatic carbocycles. The van der Waals surface area contributed by atoms with Gasteiger partial charge in [0.05, 0.1) is 0 Å². The van der Waals surface area contributed by atoms with Gasteiger partial charge in [0, 0.05) is 5.56 Å². The highest BCUT2D eigenvalue weighted by Gasteiger charge is 2.02. The third-order valence-electron chi connectivity index (χ3n) is 3.93. The quantitative estimate of drug-likeness (QED) is 0.179. The van der Waals surface area contributed by atoms with Gasteiger partial charge < -0.3 is 10.2 Å². The molecule has 0 atom stereocenters. The molecule has 26 heavy (non-hydrogen) atoms. The summed E-state index contributed by atoms with van der Waals surface area (Å²) in [6, 6.07) is 4.88. The number of hydrogen-bond acceptors (Lipinski definition) is 2. The van der Waals surface area contributed by atoms with E-state index in [1.54, 1.807) is 24.3 Å². The van der Waals surface area contributed by atoms with Gasteiger partial charge >= 0.3 is 0 Å². The molecule has 0 aliphatic heterocycles. The van der Waals surface area contributed by atoms with E-state index < -0.39 is 0 Å². The van der Waals surface area contributed by atoms with Crippen molar-refractivity contribution in [2.75, 3.05) is 0 Å². The Morgan fingerprint density at radius 3 is 2.23 bits per heavy atom. The highest BCUT2D eigenvalue weighted by atomic mass is 16.3. The number of benzene rings is 1. The lowest BCUT2D eigenvalue weighted by molar-refractivity contribution is 0.400. The van der Waals surface area contributed by atoms with Crippen LogP contribution in [0.5, 0.6) is 11.5 Å². The molecule has 2 nitrogen and oxygen atoms in total. The summed E-state index contributed by atoms with van der Waals surface area (Å²) in [4.78, 5) is 0. The van der Waals surface area contributed by atoms with E-state index in [2.05, 4.69) is 32.2 Å². The first kappa shape index (κ1) is 23.8. The summed E-state index contributed by atoms with van der Waals surface area (Å²) >= 11 is 0. The Bertz CT molecular complexity index is 541. The number of phenolic OH excluding ortho intramolecular Hbond substituents is 2. The molecular formula is C24H36O2. The van der Waals surface area contributed by atoms with Gasteiger partial charge in [0.2, 0.25) is 0 Å². The van der Waals surface area contributed by atoms with Crippen molar-refractivity contribution in [2.24, 2.45) is 0 Å². The molecule has 0 aliphatic rings. The fourth-order valence-corrected chi connectivity index (χ4v) is 2.43. The van der Waals surface area contributed by atoms with Gasteiger partial charge in [-0.05, 0) is 25.3 Å². The topological polar surface area (TPSA) is 40.5 Å². The van der Waals surface area contributed by atoms with Crippen molar-refractivity contribution < 1.29 is 10.2 Å². The van der Waals surface area contributed by atoms with Crippen LogP contribution >= 0.6 is 0 Å². The van der Waals surface area contributed by atoms with Gasteiger partial charge in [-0.25, -0.2) is 0 Å². The summed E-state index contributed by atoms with van der Waals surface area (Å²) in [7, 11) is 0. The van der Waals surface area contributed by atoms with E-state index in [0.717, 1.165) is 0 Å². The van der Waals surface area contributed by atoms with Crippen LogP contribution in [0, 0.1) is 0 Å². The van der Waals surface area contributed by atoms with Gasteiger partial charge in [0.1, 0.15) is 0 Å². The van der Waals surface area contributed by atoms with E-state index in [9.17, 15) is 5.11 Å². The minimum atomic E-state index is -0.0793. The molecule has 2 N–H and O–H groups in total. The highest BCUT2D eigenvalue weighted by Crippen LogP contribution is 2.28. The Hall–Kier alpha value is -2.22. The van der Waals surface area contributed by atoms with Crippen LogP contribution in [-0.4, -0.2) is 10.2 Å². The third kappa shape index (κ3) is 13.1. The van der Waals surface area contributed by atoms with Crippen LogP contribution in [0.25, 0.3) is 0 Å². The summed E-state index contributed by atoms with van der Waals surface area (Å²) in [5, 5.41) is 18.3. The van der Waals surface area contributed by atoms with E-state index in [1.165, 1.54) is 57.4 Å². The van der Waals surface area contributed by atoms with Gasteiger partial charge in [0.15, 0.2) is 11.5 Å². The fourth-order valence-electron chi connectivity index (χ4n) is 2.43. The lowest BCUT2D eigenvalue weighted by Crippen LogP contribution is -1.81. The predicted octanol–water partition coefficient (Wildman–Crippen LogP) is 7.25. The van der Waals surface area contributed by atoms with E-state index in [1.807, 2.05) is 12.2 Å². The van der Waals surface area contributed by atoms with E-state index in [0.29, 0.717) is 12.0 Å². The molecule has 0 saturated carbocycles. The Labute approximate surface area is 160 Å². The molecule has 0 fully saturated rings. The standard InChI is InChI=1S/C15H26.C9H10O2/c1-3-5-7-9-11-13-15-14-12-10-8-6-4-2;1-2-4-7-5-3-6-8(10)9(7)11/h3,5,7,9,11H,1,4,6,8,10,12-15H2,2H3;2-3,5-6,10-11H,1,4H2. The van der Waals surface area contributed by atoms with Crippen molar-refractivity contribution in [3.63, 3.8) is 0 Å².